The third-order valence-electron chi connectivity index (χ3n) is 0.913. The molecule has 2 nitrogen and oxygen atoms in total. The van der Waals surface area contributed by atoms with E-state index in [0.717, 1.165) is 5.57 Å². The topological polar surface area (TPSA) is 35.8 Å². The van der Waals surface area contributed by atoms with E-state index in [0.29, 0.717) is 10.7 Å². The number of allylic oxidation sites excluding steroid dienone is 2. The molecular formula is C7H10N2S. The van der Waals surface area contributed by atoms with Gasteiger partial charge in [-0.25, -0.2) is 0 Å². The van der Waals surface area contributed by atoms with Crippen molar-refractivity contribution in [2.75, 3.05) is 0 Å². The monoisotopic (exact) mass is 154 g/mol. The van der Waals surface area contributed by atoms with Crippen LogP contribution in [-0.2, 0) is 0 Å². The van der Waals surface area contributed by atoms with Crippen molar-refractivity contribution in [1.82, 2.24) is 5.32 Å². The molecule has 0 amide bonds. The predicted octanol–water partition coefficient (Wildman–Crippen LogP) is 1.74. The first-order chi connectivity index (χ1) is 4.57. The van der Waals surface area contributed by atoms with Crippen LogP contribution in [0.2, 0.25) is 0 Å². The molecule has 0 rings (SSSR count). The Hall–Kier alpha value is -0.880. The van der Waals surface area contributed by atoms with E-state index in [9.17, 15) is 0 Å². The van der Waals surface area contributed by atoms with Crippen molar-refractivity contribution >= 4 is 17.2 Å². The zero-order chi connectivity index (χ0) is 8.15. The van der Waals surface area contributed by atoms with Gasteiger partial charge < -0.3 is 5.32 Å². The molecule has 0 aliphatic heterocycles. The first-order valence-corrected chi connectivity index (χ1v) is 3.34. The zero-order valence-electron chi connectivity index (χ0n) is 6.36. The summed E-state index contributed by atoms with van der Waals surface area (Å²) in [5, 5.41) is 11.3. The summed E-state index contributed by atoms with van der Waals surface area (Å²) in [6, 6.07) is 2.01. The molecule has 0 saturated carbocycles. The number of nitriles is 1. The minimum Gasteiger partial charge on any atom is -0.342 e. The van der Waals surface area contributed by atoms with Crippen LogP contribution in [0.4, 0.5) is 0 Å². The van der Waals surface area contributed by atoms with Crippen LogP contribution in [0.3, 0.4) is 0 Å². The third-order valence-corrected chi connectivity index (χ3v) is 1.01. The first-order valence-electron chi connectivity index (χ1n) is 2.93. The summed E-state index contributed by atoms with van der Waals surface area (Å²) >= 11 is 4.76. The van der Waals surface area contributed by atoms with E-state index in [1.807, 2.05) is 19.9 Å². The average Bonchev–Trinajstić information content (AvgIpc) is 1.81. The van der Waals surface area contributed by atoms with Gasteiger partial charge in [0.2, 0.25) is 0 Å². The van der Waals surface area contributed by atoms with Gasteiger partial charge in [-0.2, -0.15) is 5.26 Å². The highest BCUT2D eigenvalue weighted by atomic mass is 32.1. The van der Waals surface area contributed by atoms with Crippen molar-refractivity contribution in [3.8, 4) is 6.07 Å². The van der Waals surface area contributed by atoms with Crippen LogP contribution in [-0.4, -0.2) is 4.99 Å². The molecule has 0 spiro atoms. The van der Waals surface area contributed by atoms with Gasteiger partial charge in [-0.3, -0.25) is 0 Å². The average molecular weight is 154 g/mol. The van der Waals surface area contributed by atoms with Gasteiger partial charge in [-0.1, -0.05) is 12.2 Å². The van der Waals surface area contributed by atoms with Crippen molar-refractivity contribution in [3.63, 3.8) is 0 Å². The van der Waals surface area contributed by atoms with Gasteiger partial charge in [0, 0.05) is 0 Å². The highest BCUT2D eigenvalue weighted by molar-refractivity contribution is 7.80. The Kier molecular flexibility index (Phi) is 3.67. The van der Waals surface area contributed by atoms with Crippen molar-refractivity contribution in [2.45, 2.75) is 20.8 Å². The van der Waals surface area contributed by atoms with E-state index in [4.69, 9.17) is 17.5 Å². The summed E-state index contributed by atoms with van der Waals surface area (Å²) in [6.07, 6.45) is 0. The van der Waals surface area contributed by atoms with Gasteiger partial charge in [0.25, 0.3) is 0 Å². The Morgan fingerprint density at radius 3 is 2.00 bits per heavy atom. The first kappa shape index (κ1) is 9.12. The molecule has 3 heteroatoms. The summed E-state index contributed by atoms with van der Waals surface area (Å²) in [7, 11) is 0. The second kappa shape index (κ2) is 4.02. The lowest BCUT2D eigenvalue weighted by atomic mass is 10.3. The Labute approximate surface area is 66.5 Å². The van der Waals surface area contributed by atoms with Gasteiger partial charge in [-0.05, 0) is 26.3 Å². The molecule has 0 aromatic rings. The molecule has 0 fully saturated rings. The van der Waals surface area contributed by atoms with Crippen LogP contribution in [0, 0.1) is 11.3 Å². The third kappa shape index (κ3) is 3.21. The number of nitrogens with one attached hydrogen (secondary N) is 1. The predicted molar refractivity (Wildman–Crippen MR) is 45.4 cm³/mol. The van der Waals surface area contributed by atoms with Gasteiger partial charge in [0.05, 0.1) is 4.99 Å². The van der Waals surface area contributed by atoms with Crippen molar-refractivity contribution in [3.05, 3.63) is 11.3 Å². The van der Waals surface area contributed by atoms with Gasteiger partial charge in [0.15, 0.2) is 0 Å². The Bertz CT molecular complexity index is 206. The Morgan fingerprint density at radius 2 is 1.90 bits per heavy atom. The van der Waals surface area contributed by atoms with Crippen molar-refractivity contribution in [2.24, 2.45) is 0 Å². The molecule has 54 valence electrons. The van der Waals surface area contributed by atoms with E-state index in [-0.39, 0.29) is 0 Å². The van der Waals surface area contributed by atoms with Crippen LogP contribution in [0.15, 0.2) is 11.3 Å². The van der Waals surface area contributed by atoms with E-state index >= 15 is 0 Å². The summed E-state index contributed by atoms with van der Waals surface area (Å²) in [4.78, 5) is 0.623. The lowest BCUT2D eigenvalue weighted by Crippen LogP contribution is -2.17. The maximum atomic E-state index is 8.52. The molecule has 10 heavy (non-hydrogen) atoms. The highest BCUT2D eigenvalue weighted by Gasteiger charge is 1.95. The normalized spacial score (nSPS) is 7.80. The number of nitrogens with zero attached hydrogens (tertiary/aromatic N) is 1. The van der Waals surface area contributed by atoms with E-state index in [1.54, 1.807) is 6.92 Å². The molecule has 0 aromatic carbocycles. The van der Waals surface area contributed by atoms with Crippen molar-refractivity contribution < 1.29 is 0 Å². The molecule has 0 radical (unpaired) electrons. The van der Waals surface area contributed by atoms with Crippen LogP contribution >= 0.6 is 12.2 Å². The second-order valence-electron chi connectivity index (χ2n) is 2.17. The van der Waals surface area contributed by atoms with Crippen LogP contribution in [0.1, 0.15) is 20.8 Å². The zero-order valence-corrected chi connectivity index (χ0v) is 7.17. The standard InChI is InChI=1S/C7H10N2S/c1-5(2)7(4-8)9-6(3)10/h1-3H3,(H,9,10). The lowest BCUT2D eigenvalue weighted by molar-refractivity contribution is 1.13. The maximum Gasteiger partial charge on any atom is 0.117 e. The van der Waals surface area contributed by atoms with E-state index in [2.05, 4.69) is 5.32 Å². The quantitative estimate of drug-likeness (QED) is 0.461. The van der Waals surface area contributed by atoms with Crippen molar-refractivity contribution in [1.29, 1.82) is 5.26 Å². The Balaban J connectivity index is 4.30. The molecule has 0 atom stereocenters. The molecule has 0 unspecified atom stereocenters. The van der Waals surface area contributed by atoms with E-state index < -0.39 is 0 Å². The summed E-state index contributed by atoms with van der Waals surface area (Å²) in [5.41, 5.74) is 1.50. The summed E-state index contributed by atoms with van der Waals surface area (Å²) in [6.45, 7) is 5.48. The summed E-state index contributed by atoms with van der Waals surface area (Å²) < 4.78 is 0. The number of rotatable bonds is 1. The maximum absolute atomic E-state index is 8.52. The Morgan fingerprint density at radius 1 is 1.40 bits per heavy atom. The molecule has 0 bridgehead atoms. The molecule has 1 N–H and O–H groups in total. The van der Waals surface area contributed by atoms with Crippen LogP contribution < -0.4 is 5.32 Å². The fraction of sp³-hybridized carbons (Fsp3) is 0.429. The molecule has 0 saturated heterocycles. The fourth-order valence-corrected chi connectivity index (χ4v) is 0.543. The number of hydrogen-bond donors (Lipinski definition) is 1. The molecular weight excluding hydrogens is 144 g/mol. The highest BCUT2D eigenvalue weighted by Crippen LogP contribution is 1.96. The van der Waals surface area contributed by atoms with Crippen LogP contribution in [0.25, 0.3) is 0 Å². The minimum atomic E-state index is 0.549. The fourth-order valence-electron chi connectivity index (χ4n) is 0.441. The largest absolute Gasteiger partial charge is 0.342 e. The molecule has 0 aliphatic rings. The van der Waals surface area contributed by atoms with Gasteiger partial charge >= 0.3 is 0 Å². The van der Waals surface area contributed by atoms with Crippen LogP contribution in [0.5, 0.6) is 0 Å². The smallest absolute Gasteiger partial charge is 0.117 e. The summed E-state index contributed by atoms with van der Waals surface area (Å²) in [5.74, 6) is 0. The number of hydrogen-bond acceptors (Lipinski definition) is 2. The second-order valence-corrected chi connectivity index (χ2v) is 2.78. The molecule has 0 aromatic heterocycles. The minimum absolute atomic E-state index is 0.549. The lowest BCUT2D eigenvalue weighted by Gasteiger charge is -2.01. The van der Waals surface area contributed by atoms with E-state index in [1.165, 1.54) is 0 Å². The number of thiocarbonyl (C=S) groups is 1. The molecule has 0 aliphatic carbocycles. The SMILES string of the molecule is CC(=S)NC(C#N)=C(C)C. The molecule has 0 heterocycles. The van der Waals surface area contributed by atoms with Gasteiger partial charge in [0.1, 0.15) is 11.8 Å². The van der Waals surface area contributed by atoms with Gasteiger partial charge in [-0.15, -0.1) is 0 Å².